The van der Waals surface area contributed by atoms with E-state index in [-0.39, 0.29) is 0 Å². The molecular weight excluding hydrogens is 664 g/mol. The van der Waals surface area contributed by atoms with Crippen molar-refractivity contribution < 1.29 is 61.6 Å². The minimum atomic E-state index is 0.512. The van der Waals surface area contributed by atoms with Gasteiger partial charge in [-0.1, -0.05) is 57.2 Å². The lowest BCUT2D eigenvalue weighted by atomic mass is 10.1. The minimum absolute atomic E-state index is 0.512. The Balaban J connectivity index is 1.60. The molecule has 0 atom stereocenters. The lowest BCUT2D eigenvalue weighted by Crippen LogP contribution is -2.15. The van der Waals surface area contributed by atoms with E-state index in [1.165, 1.54) is 32.1 Å². The van der Waals surface area contributed by atoms with Gasteiger partial charge in [0.1, 0.15) is 12.4 Å². The molecular formula is C38H70O13. The second-order valence-corrected chi connectivity index (χ2v) is 11.3. The number of hydrogen-bond donors (Lipinski definition) is 0. The third-order valence-electron chi connectivity index (χ3n) is 6.97. The Morgan fingerprint density at radius 3 is 0.843 bits per heavy atom. The molecule has 0 fully saturated rings. The molecule has 1 rings (SSSR count). The molecule has 0 radical (unpaired) electrons. The van der Waals surface area contributed by atoms with Crippen molar-refractivity contribution in [3.05, 3.63) is 30.3 Å². The molecule has 13 nitrogen and oxygen atoms in total. The summed E-state index contributed by atoms with van der Waals surface area (Å²) in [6.07, 6.45) is 7.68. The number of hydrogen-bond acceptors (Lipinski definition) is 13. The van der Waals surface area contributed by atoms with E-state index in [2.05, 4.69) is 6.92 Å². The summed E-state index contributed by atoms with van der Waals surface area (Å²) < 4.78 is 71.6. The third-order valence-corrected chi connectivity index (χ3v) is 6.97. The zero-order valence-electron chi connectivity index (χ0n) is 31.6. The second kappa shape index (κ2) is 42.9. The number of unbranched alkanes of at least 4 members (excludes halogenated alkanes) is 5. The van der Waals surface area contributed by atoms with Crippen molar-refractivity contribution in [1.82, 2.24) is 0 Å². The van der Waals surface area contributed by atoms with Crippen LogP contribution in [0.25, 0.3) is 0 Å². The third kappa shape index (κ3) is 39.6. The van der Waals surface area contributed by atoms with Gasteiger partial charge in [-0.05, 0) is 18.6 Å². The lowest BCUT2D eigenvalue weighted by molar-refractivity contribution is -0.0285. The predicted octanol–water partition coefficient (Wildman–Crippen LogP) is 4.63. The molecule has 1 aromatic rings. The normalized spacial score (nSPS) is 11.5. The van der Waals surface area contributed by atoms with Gasteiger partial charge in [0.15, 0.2) is 0 Å². The van der Waals surface area contributed by atoms with Gasteiger partial charge < -0.3 is 61.6 Å². The van der Waals surface area contributed by atoms with E-state index in [0.29, 0.717) is 159 Å². The van der Waals surface area contributed by atoms with Crippen molar-refractivity contribution >= 4 is 0 Å². The molecule has 0 aliphatic rings. The molecule has 0 aromatic heterocycles. The van der Waals surface area contributed by atoms with Crippen LogP contribution in [0.3, 0.4) is 0 Å². The van der Waals surface area contributed by atoms with Crippen molar-refractivity contribution in [3.8, 4) is 5.75 Å². The van der Waals surface area contributed by atoms with Crippen LogP contribution in [0.1, 0.15) is 45.4 Å². The average molecular weight is 735 g/mol. The van der Waals surface area contributed by atoms with Gasteiger partial charge in [-0.3, -0.25) is 0 Å². The summed E-state index contributed by atoms with van der Waals surface area (Å²) in [5.41, 5.74) is 0. The molecule has 0 aliphatic heterocycles. The molecule has 0 bridgehead atoms. The molecule has 13 heteroatoms. The number of rotatable bonds is 44. The Bertz CT molecular complexity index is 763. The maximum absolute atomic E-state index is 5.59. The zero-order chi connectivity index (χ0) is 36.2. The van der Waals surface area contributed by atoms with Crippen LogP contribution < -0.4 is 4.74 Å². The van der Waals surface area contributed by atoms with Crippen LogP contribution in [0.15, 0.2) is 30.3 Å². The maximum atomic E-state index is 5.59. The summed E-state index contributed by atoms with van der Waals surface area (Å²) in [6.45, 7) is 15.8. The van der Waals surface area contributed by atoms with Crippen LogP contribution in [0.4, 0.5) is 0 Å². The van der Waals surface area contributed by atoms with Gasteiger partial charge in [0, 0.05) is 6.61 Å². The van der Waals surface area contributed by atoms with Crippen LogP contribution >= 0.6 is 0 Å². The Labute approximate surface area is 308 Å². The number of ether oxygens (including phenoxy) is 13. The quantitative estimate of drug-likeness (QED) is 0.0869. The standard InChI is InChI=1S/C38H70O13/c1-2-3-4-5-6-10-13-39-14-15-40-16-17-41-18-19-42-20-21-43-22-23-44-24-25-45-26-27-46-28-29-47-30-31-48-32-33-49-34-35-50-36-37-51-38-11-8-7-9-12-38/h7-9,11-12H,2-6,10,13-37H2,1H3. The molecule has 0 saturated carbocycles. The highest BCUT2D eigenvalue weighted by Gasteiger charge is 1.98. The Kier molecular flexibility index (Phi) is 40.1. The van der Waals surface area contributed by atoms with Gasteiger partial charge in [0.25, 0.3) is 0 Å². The van der Waals surface area contributed by atoms with Gasteiger partial charge in [-0.2, -0.15) is 0 Å². The van der Waals surface area contributed by atoms with Crippen LogP contribution in [0, 0.1) is 0 Å². The molecule has 51 heavy (non-hydrogen) atoms. The van der Waals surface area contributed by atoms with Crippen molar-refractivity contribution in [3.63, 3.8) is 0 Å². The Morgan fingerprint density at radius 1 is 0.275 bits per heavy atom. The van der Waals surface area contributed by atoms with Gasteiger partial charge in [0.2, 0.25) is 0 Å². The van der Waals surface area contributed by atoms with Gasteiger partial charge in [0.05, 0.1) is 152 Å². The molecule has 1 aromatic carbocycles. The summed E-state index contributed by atoms with van der Waals surface area (Å²) >= 11 is 0. The maximum Gasteiger partial charge on any atom is 0.119 e. The highest BCUT2D eigenvalue weighted by molar-refractivity contribution is 5.20. The molecule has 300 valence electrons. The summed E-state index contributed by atoms with van der Waals surface area (Å²) in [4.78, 5) is 0. The van der Waals surface area contributed by atoms with Gasteiger partial charge in [-0.25, -0.2) is 0 Å². The first-order valence-electron chi connectivity index (χ1n) is 19.0. The van der Waals surface area contributed by atoms with Gasteiger partial charge >= 0.3 is 0 Å². The van der Waals surface area contributed by atoms with Crippen LogP contribution in [0.5, 0.6) is 5.75 Å². The Morgan fingerprint density at radius 2 is 0.529 bits per heavy atom. The van der Waals surface area contributed by atoms with Gasteiger partial charge in [-0.15, -0.1) is 0 Å². The number of para-hydroxylation sites is 1. The van der Waals surface area contributed by atoms with Crippen LogP contribution in [-0.4, -0.2) is 165 Å². The molecule has 0 saturated heterocycles. The number of benzene rings is 1. The summed E-state index contributed by atoms with van der Waals surface area (Å²) in [7, 11) is 0. The average Bonchev–Trinajstić information content (AvgIpc) is 3.15. The van der Waals surface area contributed by atoms with E-state index in [9.17, 15) is 0 Å². The molecule has 0 unspecified atom stereocenters. The highest BCUT2D eigenvalue weighted by Crippen LogP contribution is 2.07. The van der Waals surface area contributed by atoms with E-state index in [1.807, 2.05) is 30.3 Å². The molecule has 0 aliphatic carbocycles. The largest absolute Gasteiger partial charge is 0.491 e. The first-order chi connectivity index (χ1) is 25.4. The minimum Gasteiger partial charge on any atom is -0.491 e. The zero-order valence-corrected chi connectivity index (χ0v) is 31.6. The lowest BCUT2D eigenvalue weighted by Gasteiger charge is -2.09. The fraction of sp³-hybridized carbons (Fsp3) is 0.842. The Hall–Kier alpha value is -1.46. The van der Waals surface area contributed by atoms with Crippen molar-refractivity contribution in [1.29, 1.82) is 0 Å². The fourth-order valence-corrected chi connectivity index (χ4v) is 4.24. The highest BCUT2D eigenvalue weighted by atomic mass is 16.6. The smallest absolute Gasteiger partial charge is 0.119 e. The van der Waals surface area contributed by atoms with E-state index in [1.54, 1.807) is 0 Å². The topological polar surface area (TPSA) is 120 Å². The monoisotopic (exact) mass is 734 g/mol. The second-order valence-electron chi connectivity index (χ2n) is 11.3. The first-order valence-corrected chi connectivity index (χ1v) is 19.0. The molecule has 0 spiro atoms. The molecule has 0 N–H and O–H groups in total. The summed E-state index contributed by atoms with van der Waals surface area (Å²) in [5.74, 6) is 0.845. The van der Waals surface area contributed by atoms with Crippen LogP contribution in [0.2, 0.25) is 0 Å². The van der Waals surface area contributed by atoms with E-state index in [0.717, 1.165) is 18.8 Å². The summed E-state index contributed by atoms with van der Waals surface area (Å²) in [6, 6.07) is 9.68. The SMILES string of the molecule is CCCCCCCCOCCOCCOCCOCCOCCOCCOCCOCCOCCOCCOCCOCCOc1ccccc1. The van der Waals surface area contributed by atoms with E-state index >= 15 is 0 Å². The van der Waals surface area contributed by atoms with E-state index in [4.69, 9.17) is 61.6 Å². The van der Waals surface area contributed by atoms with E-state index < -0.39 is 0 Å². The molecule has 0 heterocycles. The van der Waals surface area contributed by atoms with Crippen molar-refractivity contribution in [2.45, 2.75) is 45.4 Å². The van der Waals surface area contributed by atoms with Crippen molar-refractivity contribution in [2.75, 3.05) is 165 Å². The predicted molar refractivity (Wildman–Crippen MR) is 195 cm³/mol. The fourth-order valence-electron chi connectivity index (χ4n) is 4.24. The first kappa shape index (κ1) is 47.6. The molecule has 0 amide bonds. The summed E-state index contributed by atoms with van der Waals surface area (Å²) in [5, 5.41) is 0. The van der Waals surface area contributed by atoms with Crippen molar-refractivity contribution in [2.24, 2.45) is 0 Å². The van der Waals surface area contributed by atoms with Crippen LogP contribution in [-0.2, 0) is 56.8 Å².